The molecule has 0 saturated carbocycles. The number of amides is 2. The molecule has 1 N–H and O–H groups in total. The summed E-state index contributed by atoms with van der Waals surface area (Å²) in [6.07, 6.45) is 0.854. The predicted octanol–water partition coefficient (Wildman–Crippen LogP) is 3.69. The number of halogens is 1. The number of nitrogens with zero attached hydrogens (tertiary/aromatic N) is 2. The zero-order valence-electron chi connectivity index (χ0n) is 16.5. The minimum Gasteiger partial charge on any atom is -0.491 e. The Labute approximate surface area is 166 Å². The van der Waals surface area contributed by atoms with Gasteiger partial charge < -0.3 is 19.9 Å². The van der Waals surface area contributed by atoms with Gasteiger partial charge in [-0.1, -0.05) is 12.1 Å². The van der Waals surface area contributed by atoms with Crippen molar-refractivity contribution in [2.24, 2.45) is 0 Å². The van der Waals surface area contributed by atoms with Crippen LogP contribution in [0.2, 0.25) is 0 Å². The van der Waals surface area contributed by atoms with Crippen molar-refractivity contribution in [1.82, 2.24) is 10.2 Å². The lowest BCUT2D eigenvalue weighted by Crippen LogP contribution is -2.52. The van der Waals surface area contributed by atoms with Crippen LogP contribution < -0.4 is 15.0 Å². The number of hydrogen-bond acceptors (Lipinski definition) is 3. The summed E-state index contributed by atoms with van der Waals surface area (Å²) in [6.45, 7) is 7.54. The van der Waals surface area contributed by atoms with Gasteiger partial charge in [-0.3, -0.25) is 0 Å². The second-order valence-corrected chi connectivity index (χ2v) is 7.24. The van der Waals surface area contributed by atoms with Crippen LogP contribution in [0.15, 0.2) is 48.5 Å². The first kappa shape index (κ1) is 20.0. The van der Waals surface area contributed by atoms with E-state index in [-0.39, 0.29) is 18.0 Å². The van der Waals surface area contributed by atoms with Gasteiger partial charge in [0.1, 0.15) is 11.6 Å². The number of nitrogens with one attached hydrogen (secondary N) is 1. The van der Waals surface area contributed by atoms with Gasteiger partial charge in [-0.2, -0.15) is 0 Å². The number of carbonyl (C=O) groups is 1. The van der Waals surface area contributed by atoms with Crippen LogP contribution >= 0.6 is 0 Å². The fourth-order valence-corrected chi connectivity index (χ4v) is 3.25. The third-order valence-electron chi connectivity index (χ3n) is 4.74. The number of benzene rings is 2. The van der Waals surface area contributed by atoms with Crippen LogP contribution in [0.25, 0.3) is 0 Å². The normalized spacial score (nSPS) is 14.3. The molecular formula is C22H28FN3O2. The summed E-state index contributed by atoms with van der Waals surface area (Å²) in [7, 11) is 0. The van der Waals surface area contributed by atoms with Crippen LogP contribution in [0.1, 0.15) is 19.4 Å². The molecule has 2 amide bonds. The van der Waals surface area contributed by atoms with E-state index in [9.17, 15) is 9.18 Å². The van der Waals surface area contributed by atoms with Crippen molar-refractivity contribution in [3.63, 3.8) is 0 Å². The van der Waals surface area contributed by atoms with Crippen molar-refractivity contribution in [3.05, 3.63) is 59.9 Å². The molecule has 0 bridgehead atoms. The van der Waals surface area contributed by atoms with Crippen molar-refractivity contribution in [1.29, 1.82) is 0 Å². The van der Waals surface area contributed by atoms with Gasteiger partial charge in [0.25, 0.3) is 0 Å². The summed E-state index contributed by atoms with van der Waals surface area (Å²) in [5, 5.41) is 2.95. The Morgan fingerprint density at radius 2 is 1.68 bits per heavy atom. The lowest BCUT2D eigenvalue weighted by molar-refractivity contribution is 0.194. The molecule has 1 aliphatic rings. The molecule has 0 spiro atoms. The molecule has 1 aliphatic heterocycles. The van der Waals surface area contributed by atoms with E-state index in [4.69, 9.17) is 4.74 Å². The Morgan fingerprint density at radius 3 is 2.29 bits per heavy atom. The molecule has 1 fully saturated rings. The summed E-state index contributed by atoms with van der Waals surface area (Å²) in [4.78, 5) is 16.5. The molecule has 28 heavy (non-hydrogen) atoms. The van der Waals surface area contributed by atoms with Crippen LogP contribution in [-0.2, 0) is 6.42 Å². The second kappa shape index (κ2) is 9.44. The first-order valence-corrected chi connectivity index (χ1v) is 9.80. The average Bonchev–Trinajstić information content (AvgIpc) is 2.70. The predicted molar refractivity (Wildman–Crippen MR) is 109 cm³/mol. The number of hydrogen-bond donors (Lipinski definition) is 1. The van der Waals surface area contributed by atoms with Crippen molar-refractivity contribution >= 4 is 11.7 Å². The van der Waals surface area contributed by atoms with E-state index in [1.54, 1.807) is 12.1 Å². The van der Waals surface area contributed by atoms with Gasteiger partial charge in [-0.25, -0.2) is 9.18 Å². The minimum absolute atomic E-state index is 0.0394. The Hall–Kier alpha value is -2.76. The molecule has 2 aromatic carbocycles. The van der Waals surface area contributed by atoms with Crippen LogP contribution in [0.3, 0.4) is 0 Å². The number of urea groups is 1. The molecule has 0 unspecified atom stereocenters. The fraction of sp³-hybridized carbons (Fsp3) is 0.409. The van der Waals surface area contributed by atoms with Crippen molar-refractivity contribution in [3.8, 4) is 5.75 Å². The van der Waals surface area contributed by atoms with Crippen LogP contribution in [-0.4, -0.2) is 49.8 Å². The second-order valence-electron chi connectivity index (χ2n) is 7.24. The molecule has 6 heteroatoms. The Bertz CT molecular complexity index is 754. The molecule has 3 rings (SSSR count). The van der Waals surface area contributed by atoms with E-state index in [0.717, 1.165) is 30.1 Å². The van der Waals surface area contributed by atoms with E-state index in [0.29, 0.717) is 26.1 Å². The molecule has 0 radical (unpaired) electrons. The highest BCUT2D eigenvalue weighted by molar-refractivity contribution is 5.74. The summed E-state index contributed by atoms with van der Waals surface area (Å²) in [5.74, 6) is 0.630. The highest BCUT2D eigenvalue weighted by Crippen LogP contribution is 2.21. The average molecular weight is 385 g/mol. The topological polar surface area (TPSA) is 44.8 Å². The van der Waals surface area contributed by atoms with Gasteiger partial charge in [0, 0.05) is 38.4 Å². The number of piperazine rings is 1. The highest BCUT2D eigenvalue weighted by atomic mass is 19.1. The van der Waals surface area contributed by atoms with E-state index >= 15 is 0 Å². The maximum atomic E-state index is 12.9. The lowest BCUT2D eigenvalue weighted by atomic mass is 10.1. The summed E-state index contributed by atoms with van der Waals surface area (Å²) < 4.78 is 18.6. The van der Waals surface area contributed by atoms with Gasteiger partial charge >= 0.3 is 6.03 Å². The standard InChI is InChI=1S/C22H28FN3O2/c1-17(2)28-21-9-7-20(8-10-21)25-13-15-26(16-14-25)22(27)24-12-11-18-3-5-19(23)6-4-18/h3-10,17H,11-16H2,1-2H3,(H,24,27). The van der Waals surface area contributed by atoms with Crippen LogP contribution in [0.5, 0.6) is 5.75 Å². The van der Waals surface area contributed by atoms with Crippen LogP contribution in [0.4, 0.5) is 14.9 Å². The van der Waals surface area contributed by atoms with Crippen LogP contribution in [0, 0.1) is 5.82 Å². The molecule has 0 aliphatic carbocycles. The third kappa shape index (κ3) is 5.62. The molecule has 2 aromatic rings. The third-order valence-corrected chi connectivity index (χ3v) is 4.74. The Kier molecular flexibility index (Phi) is 6.74. The first-order chi connectivity index (χ1) is 13.5. The van der Waals surface area contributed by atoms with E-state index in [1.165, 1.54) is 12.1 Å². The Morgan fingerprint density at radius 1 is 1.04 bits per heavy atom. The molecule has 0 atom stereocenters. The van der Waals surface area contributed by atoms with Gasteiger partial charge in [0.2, 0.25) is 0 Å². The van der Waals surface area contributed by atoms with E-state index in [1.807, 2.05) is 30.9 Å². The molecule has 5 nitrogen and oxygen atoms in total. The zero-order valence-corrected chi connectivity index (χ0v) is 16.5. The Balaban J connectivity index is 1.41. The summed E-state index contributed by atoms with van der Waals surface area (Å²) in [6, 6.07) is 14.5. The SMILES string of the molecule is CC(C)Oc1ccc(N2CCN(C(=O)NCCc3ccc(F)cc3)CC2)cc1. The van der Waals surface area contributed by atoms with E-state index in [2.05, 4.69) is 22.3 Å². The maximum absolute atomic E-state index is 12.9. The van der Waals surface area contributed by atoms with Crippen molar-refractivity contribution in [2.45, 2.75) is 26.4 Å². The van der Waals surface area contributed by atoms with Gasteiger partial charge in [-0.15, -0.1) is 0 Å². The maximum Gasteiger partial charge on any atom is 0.317 e. The van der Waals surface area contributed by atoms with Crippen molar-refractivity contribution < 1.29 is 13.9 Å². The van der Waals surface area contributed by atoms with Gasteiger partial charge in [0.05, 0.1) is 6.10 Å². The zero-order chi connectivity index (χ0) is 19.9. The lowest BCUT2D eigenvalue weighted by Gasteiger charge is -2.36. The van der Waals surface area contributed by atoms with Crippen molar-refractivity contribution in [2.75, 3.05) is 37.6 Å². The first-order valence-electron chi connectivity index (χ1n) is 9.80. The molecule has 1 heterocycles. The minimum atomic E-state index is -0.243. The molecular weight excluding hydrogens is 357 g/mol. The quantitative estimate of drug-likeness (QED) is 0.825. The van der Waals surface area contributed by atoms with Gasteiger partial charge in [0.15, 0.2) is 0 Å². The fourth-order valence-electron chi connectivity index (χ4n) is 3.25. The molecule has 0 aromatic heterocycles. The highest BCUT2D eigenvalue weighted by Gasteiger charge is 2.21. The number of anilines is 1. The van der Waals surface area contributed by atoms with Gasteiger partial charge in [-0.05, 0) is 62.2 Å². The van der Waals surface area contributed by atoms with E-state index < -0.39 is 0 Å². The number of ether oxygens (including phenoxy) is 1. The number of rotatable bonds is 6. The largest absolute Gasteiger partial charge is 0.491 e. The smallest absolute Gasteiger partial charge is 0.317 e. The summed E-state index contributed by atoms with van der Waals surface area (Å²) >= 11 is 0. The molecule has 1 saturated heterocycles. The number of carbonyl (C=O) groups excluding carboxylic acids is 1. The molecule has 150 valence electrons. The summed E-state index contributed by atoms with van der Waals surface area (Å²) in [5.41, 5.74) is 2.16. The monoisotopic (exact) mass is 385 g/mol.